The molecule has 0 aliphatic carbocycles. The number of aliphatic hydroxyl groups excluding tert-OH is 1. The standard InChI is InChI=1S/C12H18FNO2/c1-8(15)7-14-9(2)10-4-5-11(13)12(6-10)16-3/h4-6,8-9,14-15H,7H2,1-3H3. The Hall–Kier alpha value is -1.13. The second kappa shape index (κ2) is 5.82. The molecular weight excluding hydrogens is 209 g/mol. The van der Waals surface area contributed by atoms with E-state index in [0.29, 0.717) is 6.54 Å². The van der Waals surface area contributed by atoms with E-state index in [1.807, 2.05) is 6.92 Å². The predicted octanol–water partition coefficient (Wildman–Crippen LogP) is 1.87. The van der Waals surface area contributed by atoms with Crippen LogP contribution in [0.4, 0.5) is 4.39 Å². The summed E-state index contributed by atoms with van der Waals surface area (Å²) in [6.07, 6.45) is -0.398. The van der Waals surface area contributed by atoms with E-state index in [9.17, 15) is 4.39 Å². The van der Waals surface area contributed by atoms with Crippen LogP contribution in [-0.2, 0) is 0 Å². The highest BCUT2D eigenvalue weighted by Crippen LogP contribution is 2.22. The number of methoxy groups -OCH3 is 1. The van der Waals surface area contributed by atoms with E-state index in [2.05, 4.69) is 5.32 Å². The molecule has 0 fully saturated rings. The summed E-state index contributed by atoms with van der Waals surface area (Å²) in [7, 11) is 1.44. The van der Waals surface area contributed by atoms with Gasteiger partial charge in [0.25, 0.3) is 0 Å². The second-order valence-electron chi connectivity index (χ2n) is 3.87. The van der Waals surface area contributed by atoms with E-state index in [4.69, 9.17) is 9.84 Å². The molecule has 1 aromatic rings. The lowest BCUT2D eigenvalue weighted by atomic mass is 10.1. The third-order valence-electron chi connectivity index (χ3n) is 2.39. The molecule has 1 aromatic carbocycles. The van der Waals surface area contributed by atoms with Gasteiger partial charge in [-0.3, -0.25) is 0 Å². The summed E-state index contributed by atoms with van der Waals surface area (Å²) in [5.41, 5.74) is 0.930. The fourth-order valence-corrected chi connectivity index (χ4v) is 1.41. The smallest absolute Gasteiger partial charge is 0.165 e. The highest BCUT2D eigenvalue weighted by atomic mass is 19.1. The number of halogens is 1. The minimum absolute atomic E-state index is 0.0455. The lowest BCUT2D eigenvalue weighted by molar-refractivity contribution is 0.187. The van der Waals surface area contributed by atoms with Crippen molar-refractivity contribution in [1.29, 1.82) is 0 Å². The van der Waals surface area contributed by atoms with Gasteiger partial charge in [0.2, 0.25) is 0 Å². The molecule has 16 heavy (non-hydrogen) atoms. The van der Waals surface area contributed by atoms with E-state index >= 15 is 0 Å². The van der Waals surface area contributed by atoms with Crippen LogP contribution in [0.3, 0.4) is 0 Å². The molecule has 0 saturated carbocycles. The Morgan fingerprint density at radius 2 is 2.12 bits per heavy atom. The molecular formula is C12H18FNO2. The van der Waals surface area contributed by atoms with Gasteiger partial charge in [-0.2, -0.15) is 0 Å². The van der Waals surface area contributed by atoms with Gasteiger partial charge >= 0.3 is 0 Å². The molecule has 0 heterocycles. The number of hydrogen-bond acceptors (Lipinski definition) is 3. The summed E-state index contributed by atoms with van der Waals surface area (Å²) in [6.45, 7) is 4.17. The molecule has 2 atom stereocenters. The summed E-state index contributed by atoms with van der Waals surface area (Å²) >= 11 is 0. The molecule has 2 unspecified atom stereocenters. The van der Waals surface area contributed by atoms with Crippen LogP contribution in [0.25, 0.3) is 0 Å². The zero-order valence-electron chi connectivity index (χ0n) is 9.83. The van der Waals surface area contributed by atoms with E-state index in [-0.39, 0.29) is 17.6 Å². The first kappa shape index (κ1) is 12.9. The zero-order chi connectivity index (χ0) is 12.1. The summed E-state index contributed by atoms with van der Waals surface area (Å²) < 4.78 is 18.1. The molecule has 1 rings (SSSR count). The average molecular weight is 227 g/mol. The number of aliphatic hydroxyl groups is 1. The largest absolute Gasteiger partial charge is 0.494 e. The Morgan fingerprint density at radius 3 is 2.69 bits per heavy atom. The van der Waals surface area contributed by atoms with Crippen LogP contribution < -0.4 is 10.1 Å². The monoisotopic (exact) mass is 227 g/mol. The van der Waals surface area contributed by atoms with Gasteiger partial charge in [-0.25, -0.2) is 4.39 Å². The van der Waals surface area contributed by atoms with Crippen LogP contribution in [0.5, 0.6) is 5.75 Å². The topological polar surface area (TPSA) is 41.5 Å². The van der Waals surface area contributed by atoms with Gasteiger partial charge in [0.1, 0.15) is 0 Å². The second-order valence-corrected chi connectivity index (χ2v) is 3.87. The maximum absolute atomic E-state index is 13.2. The third-order valence-corrected chi connectivity index (χ3v) is 2.39. The molecule has 0 amide bonds. The molecule has 2 N–H and O–H groups in total. The molecule has 0 aliphatic rings. The van der Waals surface area contributed by atoms with Gasteiger partial charge in [-0.05, 0) is 31.5 Å². The van der Waals surface area contributed by atoms with Crippen molar-refractivity contribution < 1.29 is 14.2 Å². The molecule has 0 aromatic heterocycles. The van der Waals surface area contributed by atoms with Crippen LogP contribution in [0.2, 0.25) is 0 Å². The quantitative estimate of drug-likeness (QED) is 0.806. The van der Waals surface area contributed by atoms with Crippen molar-refractivity contribution in [2.45, 2.75) is 26.0 Å². The zero-order valence-corrected chi connectivity index (χ0v) is 9.83. The SMILES string of the molecule is COc1cc(C(C)NCC(C)O)ccc1F. The molecule has 0 spiro atoms. The van der Waals surface area contributed by atoms with Crippen LogP contribution in [0.1, 0.15) is 25.5 Å². The van der Waals surface area contributed by atoms with Crippen LogP contribution in [0.15, 0.2) is 18.2 Å². The predicted molar refractivity (Wildman–Crippen MR) is 61.1 cm³/mol. The Labute approximate surface area is 95.2 Å². The van der Waals surface area contributed by atoms with Gasteiger partial charge in [-0.1, -0.05) is 6.07 Å². The summed E-state index contributed by atoms with van der Waals surface area (Å²) in [5, 5.41) is 12.3. The van der Waals surface area contributed by atoms with Gasteiger partial charge in [0, 0.05) is 12.6 Å². The maximum atomic E-state index is 13.2. The molecule has 90 valence electrons. The van der Waals surface area contributed by atoms with Crippen LogP contribution in [-0.4, -0.2) is 24.9 Å². The van der Waals surface area contributed by atoms with Gasteiger partial charge in [0.15, 0.2) is 11.6 Å². The van der Waals surface area contributed by atoms with Crippen molar-refractivity contribution >= 4 is 0 Å². The van der Waals surface area contributed by atoms with Crippen molar-refractivity contribution in [3.05, 3.63) is 29.6 Å². The molecule has 0 saturated heterocycles. The van der Waals surface area contributed by atoms with Gasteiger partial charge in [0.05, 0.1) is 13.2 Å². The van der Waals surface area contributed by atoms with Gasteiger partial charge in [-0.15, -0.1) is 0 Å². The van der Waals surface area contributed by atoms with E-state index in [1.165, 1.54) is 13.2 Å². The van der Waals surface area contributed by atoms with Crippen molar-refractivity contribution in [3.8, 4) is 5.75 Å². The Bertz CT molecular complexity index is 342. The summed E-state index contributed by atoms with van der Waals surface area (Å²) in [5.74, 6) is -0.128. The minimum atomic E-state index is -0.398. The lowest BCUT2D eigenvalue weighted by Crippen LogP contribution is -2.27. The number of nitrogens with one attached hydrogen (secondary N) is 1. The molecule has 0 aliphatic heterocycles. The highest BCUT2D eigenvalue weighted by Gasteiger charge is 2.09. The van der Waals surface area contributed by atoms with E-state index < -0.39 is 6.10 Å². The third kappa shape index (κ3) is 3.47. The molecule has 0 bridgehead atoms. The van der Waals surface area contributed by atoms with Crippen molar-refractivity contribution in [2.75, 3.05) is 13.7 Å². The number of benzene rings is 1. The highest BCUT2D eigenvalue weighted by molar-refractivity contribution is 5.31. The molecule has 0 radical (unpaired) electrons. The number of hydrogen-bond donors (Lipinski definition) is 2. The fourth-order valence-electron chi connectivity index (χ4n) is 1.41. The van der Waals surface area contributed by atoms with Gasteiger partial charge < -0.3 is 15.2 Å². The first-order chi connectivity index (χ1) is 7.54. The number of ether oxygens (including phenoxy) is 1. The van der Waals surface area contributed by atoms with Crippen molar-refractivity contribution in [2.24, 2.45) is 0 Å². The average Bonchev–Trinajstić information content (AvgIpc) is 2.26. The van der Waals surface area contributed by atoms with Crippen LogP contribution >= 0.6 is 0 Å². The van der Waals surface area contributed by atoms with E-state index in [1.54, 1.807) is 19.1 Å². The van der Waals surface area contributed by atoms with Crippen molar-refractivity contribution in [1.82, 2.24) is 5.32 Å². The first-order valence-corrected chi connectivity index (χ1v) is 5.29. The Morgan fingerprint density at radius 1 is 1.44 bits per heavy atom. The molecule has 3 nitrogen and oxygen atoms in total. The first-order valence-electron chi connectivity index (χ1n) is 5.29. The maximum Gasteiger partial charge on any atom is 0.165 e. The summed E-state index contributed by atoms with van der Waals surface area (Å²) in [4.78, 5) is 0. The lowest BCUT2D eigenvalue weighted by Gasteiger charge is -2.16. The fraction of sp³-hybridized carbons (Fsp3) is 0.500. The van der Waals surface area contributed by atoms with Crippen molar-refractivity contribution in [3.63, 3.8) is 0 Å². The minimum Gasteiger partial charge on any atom is -0.494 e. The number of rotatable bonds is 5. The van der Waals surface area contributed by atoms with E-state index in [0.717, 1.165) is 5.56 Å². The Balaban J connectivity index is 2.72. The molecule has 4 heteroatoms. The normalized spacial score (nSPS) is 14.6. The summed E-state index contributed by atoms with van der Waals surface area (Å²) in [6, 6.07) is 4.80. The Kier molecular flexibility index (Phi) is 4.71. The van der Waals surface area contributed by atoms with Crippen LogP contribution in [0, 0.1) is 5.82 Å².